The third-order valence-corrected chi connectivity index (χ3v) is 15.2. The zero-order valence-corrected chi connectivity index (χ0v) is 36.5. The van der Waals surface area contributed by atoms with Gasteiger partial charge in [0, 0.05) is 58.5 Å². The fraction of sp³-hybridized carbons (Fsp3) is 0.140. The molecule has 0 bridgehead atoms. The number of aromatic nitrogens is 5. The summed E-state index contributed by atoms with van der Waals surface area (Å²) < 4.78 is 7.27. The van der Waals surface area contributed by atoms with Crippen LogP contribution in [0.2, 0.25) is 0 Å². The largest absolute Gasteiger partial charge is 0.309 e. The number of benzene rings is 8. The lowest BCUT2D eigenvalue weighted by Gasteiger charge is -2.42. The molecule has 0 radical (unpaired) electrons. The van der Waals surface area contributed by atoms with Crippen LogP contribution in [0.25, 0.3) is 109 Å². The summed E-state index contributed by atoms with van der Waals surface area (Å²) in [4.78, 5) is 16.5. The molecular formula is C57H43N5S. The minimum atomic E-state index is 0.00221. The van der Waals surface area contributed by atoms with E-state index in [1.807, 2.05) is 11.3 Å². The van der Waals surface area contributed by atoms with E-state index in [0.717, 1.165) is 57.0 Å². The van der Waals surface area contributed by atoms with Crippen LogP contribution in [0.15, 0.2) is 164 Å². The molecule has 1 aliphatic carbocycles. The van der Waals surface area contributed by atoms with Crippen molar-refractivity contribution in [2.45, 2.75) is 51.4 Å². The molecule has 1 aliphatic rings. The van der Waals surface area contributed by atoms with E-state index < -0.39 is 0 Å². The first-order chi connectivity index (χ1) is 30.7. The van der Waals surface area contributed by atoms with Gasteiger partial charge in [0.25, 0.3) is 0 Å². The van der Waals surface area contributed by atoms with Crippen molar-refractivity contribution in [1.82, 2.24) is 24.1 Å². The summed E-state index contributed by atoms with van der Waals surface area (Å²) in [6, 6.07) is 59.6. The maximum atomic E-state index is 5.54. The van der Waals surface area contributed by atoms with Crippen molar-refractivity contribution in [2.24, 2.45) is 0 Å². The summed E-state index contributed by atoms with van der Waals surface area (Å²) in [7, 11) is 0. The molecule has 63 heavy (non-hydrogen) atoms. The number of fused-ring (bicyclic) bond motifs is 11. The summed E-state index contributed by atoms with van der Waals surface area (Å²) in [5, 5.41) is 9.58. The van der Waals surface area contributed by atoms with Crippen LogP contribution in [0, 0.1) is 0 Å². The average Bonchev–Trinajstić information content (AvgIpc) is 3.96. The molecule has 302 valence electrons. The average molecular weight is 830 g/mol. The highest BCUT2D eigenvalue weighted by molar-refractivity contribution is 7.25. The lowest BCUT2D eigenvalue weighted by Crippen LogP contribution is -2.33. The maximum Gasteiger partial charge on any atom is 0.238 e. The Morgan fingerprint density at radius 2 is 1.05 bits per heavy atom. The Morgan fingerprint density at radius 1 is 0.429 bits per heavy atom. The van der Waals surface area contributed by atoms with Crippen LogP contribution in [0.1, 0.15) is 51.7 Å². The van der Waals surface area contributed by atoms with E-state index in [2.05, 4.69) is 201 Å². The van der Waals surface area contributed by atoms with Gasteiger partial charge in [0.05, 0.1) is 22.1 Å². The van der Waals surface area contributed by atoms with Crippen LogP contribution in [0.4, 0.5) is 0 Å². The second-order valence-corrected chi connectivity index (χ2v) is 19.8. The minimum absolute atomic E-state index is 0.00221. The Labute approximate surface area is 368 Å². The van der Waals surface area contributed by atoms with E-state index in [1.54, 1.807) is 0 Å². The van der Waals surface area contributed by atoms with Gasteiger partial charge in [0.1, 0.15) is 0 Å². The van der Waals surface area contributed by atoms with Gasteiger partial charge >= 0.3 is 0 Å². The van der Waals surface area contributed by atoms with Crippen molar-refractivity contribution in [3.63, 3.8) is 0 Å². The van der Waals surface area contributed by atoms with Crippen LogP contribution in [0.5, 0.6) is 0 Å². The van der Waals surface area contributed by atoms with Crippen molar-refractivity contribution in [3.05, 3.63) is 175 Å². The van der Waals surface area contributed by atoms with Gasteiger partial charge in [-0.1, -0.05) is 125 Å². The molecule has 0 unspecified atom stereocenters. The molecule has 0 saturated heterocycles. The minimum Gasteiger partial charge on any atom is -0.309 e. The molecule has 0 amide bonds. The van der Waals surface area contributed by atoms with E-state index in [0.29, 0.717) is 17.6 Å². The van der Waals surface area contributed by atoms with Crippen LogP contribution < -0.4 is 0 Å². The van der Waals surface area contributed by atoms with Crippen LogP contribution in [-0.2, 0) is 10.8 Å². The molecule has 0 aliphatic heterocycles. The van der Waals surface area contributed by atoms with Gasteiger partial charge in [-0.25, -0.2) is 4.98 Å². The number of hydrogen-bond acceptors (Lipinski definition) is 4. The van der Waals surface area contributed by atoms with Gasteiger partial charge in [-0.2, -0.15) is 9.97 Å². The van der Waals surface area contributed by atoms with E-state index >= 15 is 0 Å². The first kappa shape index (κ1) is 36.5. The number of rotatable bonds is 4. The second kappa shape index (κ2) is 13.2. The number of para-hydroxylation sites is 2. The molecule has 6 heteroatoms. The van der Waals surface area contributed by atoms with Crippen LogP contribution >= 0.6 is 11.3 Å². The van der Waals surface area contributed by atoms with Gasteiger partial charge < -0.3 is 4.57 Å². The standard InChI is InChI=1S/C57H43N5S/c1-56(2)27-28-57(3,4)46-32-48-43(31-45(46)56)42-30-41-38-20-10-12-23-47(38)61(36-17-6-5-7-18-36)49(41)33-50(42)62(48)55-59-53(35-25-26-52-44(29-35)39-21-11-13-24-51(39)63-52)58-54(60-55)40-22-14-16-34-15-8-9-19-37(34)40/h5-26,29-33H,27-28H2,1-4H3. The fourth-order valence-electron chi connectivity index (χ4n) is 10.6. The Morgan fingerprint density at radius 3 is 1.89 bits per heavy atom. The van der Waals surface area contributed by atoms with Crippen molar-refractivity contribution in [1.29, 1.82) is 0 Å². The summed E-state index contributed by atoms with van der Waals surface area (Å²) in [6.45, 7) is 9.65. The normalized spacial score (nSPS) is 14.8. The molecule has 0 N–H and O–H groups in total. The predicted molar refractivity (Wildman–Crippen MR) is 265 cm³/mol. The van der Waals surface area contributed by atoms with E-state index in [1.165, 1.54) is 58.4 Å². The number of nitrogens with zero attached hydrogens (tertiary/aromatic N) is 5. The highest BCUT2D eigenvalue weighted by Gasteiger charge is 2.38. The summed E-state index contributed by atoms with van der Waals surface area (Å²) in [5.74, 6) is 1.90. The topological polar surface area (TPSA) is 48.5 Å². The Bertz CT molecular complexity index is 3860. The molecule has 13 rings (SSSR count). The van der Waals surface area contributed by atoms with Gasteiger partial charge in [-0.05, 0) is 112 Å². The molecule has 0 spiro atoms. The SMILES string of the molecule is CC1(C)CCC(C)(C)c2cc3c(cc21)c1cc2c4ccccc4n(-c4ccccc4)c2cc1n3-c1nc(-c2ccc3sc4ccccc4c3c2)nc(-c2cccc3ccccc23)n1. The predicted octanol–water partition coefficient (Wildman–Crippen LogP) is 15.3. The maximum absolute atomic E-state index is 5.54. The summed E-state index contributed by atoms with van der Waals surface area (Å²) in [6.07, 6.45) is 2.26. The van der Waals surface area contributed by atoms with Crippen molar-refractivity contribution < 1.29 is 0 Å². The number of hydrogen-bond donors (Lipinski definition) is 0. The van der Waals surface area contributed by atoms with Crippen LogP contribution in [0.3, 0.4) is 0 Å². The third-order valence-electron chi connectivity index (χ3n) is 14.0. The molecule has 4 aromatic heterocycles. The second-order valence-electron chi connectivity index (χ2n) is 18.7. The Balaban J connectivity index is 1.18. The summed E-state index contributed by atoms with van der Waals surface area (Å²) >= 11 is 1.82. The number of thiophene rings is 1. The highest BCUT2D eigenvalue weighted by Crippen LogP contribution is 2.49. The fourth-order valence-corrected chi connectivity index (χ4v) is 11.7. The summed E-state index contributed by atoms with van der Waals surface area (Å²) in [5.41, 5.74) is 10.4. The lowest BCUT2D eigenvalue weighted by molar-refractivity contribution is 0.332. The molecule has 0 fully saturated rings. The van der Waals surface area contributed by atoms with Crippen molar-refractivity contribution >= 4 is 85.9 Å². The van der Waals surface area contributed by atoms with Crippen molar-refractivity contribution in [3.8, 4) is 34.4 Å². The Hall–Kier alpha value is -7.15. The molecular weight excluding hydrogens is 787 g/mol. The van der Waals surface area contributed by atoms with Gasteiger partial charge in [-0.15, -0.1) is 11.3 Å². The Kier molecular flexibility index (Phi) is 7.64. The van der Waals surface area contributed by atoms with Gasteiger partial charge in [0.15, 0.2) is 11.6 Å². The van der Waals surface area contributed by atoms with Gasteiger partial charge in [-0.3, -0.25) is 4.57 Å². The molecule has 5 nitrogen and oxygen atoms in total. The monoisotopic (exact) mass is 829 g/mol. The molecule has 8 aromatic carbocycles. The first-order valence-corrected chi connectivity index (χ1v) is 22.8. The van der Waals surface area contributed by atoms with Gasteiger partial charge in [0.2, 0.25) is 5.95 Å². The molecule has 12 aromatic rings. The zero-order valence-electron chi connectivity index (χ0n) is 35.6. The lowest BCUT2D eigenvalue weighted by atomic mass is 9.63. The molecule has 4 heterocycles. The van der Waals surface area contributed by atoms with E-state index in [9.17, 15) is 0 Å². The first-order valence-electron chi connectivity index (χ1n) is 22.0. The highest BCUT2D eigenvalue weighted by atomic mass is 32.1. The quantitative estimate of drug-likeness (QED) is 0.178. The third kappa shape index (κ3) is 5.44. The zero-order chi connectivity index (χ0) is 42.2. The molecule has 0 saturated carbocycles. The smallest absolute Gasteiger partial charge is 0.238 e. The van der Waals surface area contributed by atoms with Crippen molar-refractivity contribution in [2.75, 3.05) is 0 Å². The van der Waals surface area contributed by atoms with E-state index in [4.69, 9.17) is 15.0 Å². The molecule has 0 atom stereocenters. The van der Waals surface area contributed by atoms with Crippen LogP contribution in [-0.4, -0.2) is 24.1 Å². The van der Waals surface area contributed by atoms with E-state index in [-0.39, 0.29) is 10.8 Å².